The summed E-state index contributed by atoms with van der Waals surface area (Å²) < 4.78 is 0. The number of likely N-dealkylation sites (N-methyl/N-ethyl adjacent to an activating group) is 1. The summed E-state index contributed by atoms with van der Waals surface area (Å²) in [5.74, 6) is 1.69. The van der Waals surface area contributed by atoms with E-state index in [1.165, 1.54) is 11.1 Å². The summed E-state index contributed by atoms with van der Waals surface area (Å²) in [5.41, 5.74) is 3.57. The van der Waals surface area contributed by atoms with Crippen LogP contribution in [0.15, 0.2) is 30.5 Å². The number of aryl methyl sites for hydroxylation is 2. The second kappa shape index (κ2) is 6.29. The zero-order valence-electron chi connectivity index (χ0n) is 11.7. The summed E-state index contributed by atoms with van der Waals surface area (Å²) in [5, 5.41) is 6.44. The Kier molecular flexibility index (Phi) is 4.47. The quantitative estimate of drug-likeness (QED) is 0.863. The normalized spacial score (nSPS) is 10.5. The van der Waals surface area contributed by atoms with Crippen molar-refractivity contribution in [1.29, 1.82) is 0 Å². The maximum Gasteiger partial charge on any atom is 0.134 e. The van der Waals surface area contributed by atoms with E-state index in [0.717, 1.165) is 30.3 Å². The predicted molar refractivity (Wildman–Crippen MR) is 78.9 cm³/mol. The molecule has 0 unspecified atom stereocenters. The van der Waals surface area contributed by atoms with Gasteiger partial charge < -0.3 is 10.6 Å². The first kappa shape index (κ1) is 13.5. The molecule has 1 aromatic carbocycles. The standard InChI is InChI=1S/C15H20N4/c1-11-4-5-13(12(2)10-11)18-15-7-9-17-14(19-15)6-8-16-3/h4-5,7,9-10,16H,6,8H2,1-3H3,(H,17,18,19). The van der Waals surface area contributed by atoms with E-state index in [-0.39, 0.29) is 0 Å². The SMILES string of the molecule is CNCCc1nccc(Nc2ccc(C)cc2C)n1. The van der Waals surface area contributed by atoms with Gasteiger partial charge in [-0.15, -0.1) is 0 Å². The highest BCUT2D eigenvalue weighted by atomic mass is 15.0. The Morgan fingerprint density at radius 2 is 2.00 bits per heavy atom. The number of aromatic nitrogens is 2. The number of rotatable bonds is 5. The van der Waals surface area contributed by atoms with Gasteiger partial charge in [0.25, 0.3) is 0 Å². The third-order valence-electron chi connectivity index (χ3n) is 2.95. The molecule has 0 aliphatic rings. The third kappa shape index (κ3) is 3.76. The van der Waals surface area contributed by atoms with Crippen LogP contribution in [0.25, 0.3) is 0 Å². The van der Waals surface area contributed by atoms with Crippen LogP contribution in [0.1, 0.15) is 17.0 Å². The zero-order valence-corrected chi connectivity index (χ0v) is 11.7. The predicted octanol–water partition coefficient (Wildman–Crippen LogP) is 2.60. The lowest BCUT2D eigenvalue weighted by molar-refractivity contribution is 0.756. The first-order chi connectivity index (χ1) is 9.19. The van der Waals surface area contributed by atoms with Crippen molar-refractivity contribution in [3.8, 4) is 0 Å². The molecule has 0 aliphatic heterocycles. The van der Waals surface area contributed by atoms with Crippen LogP contribution in [0.4, 0.5) is 11.5 Å². The minimum absolute atomic E-state index is 0.832. The third-order valence-corrected chi connectivity index (χ3v) is 2.95. The molecule has 0 saturated carbocycles. The van der Waals surface area contributed by atoms with Crippen LogP contribution >= 0.6 is 0 Å². The zero-order chi connectivity index (χ0) is 13.7. The fourth-order valence-corrected chi connectivity index (χ4v) is 1.92. The van der Waals surface area contributed by atoms with Crippen LogP contribution in [-0.4, -0.2) is 23.6 Å². The van der Waals surface area contributed by atoms with E-state index in [1.807, 2.05) is 13.1 Å². The minimum atomic E-state index is 0.832. The van der Waals surface area contributed by atoms with E-state index in [1.54, 1.807) is 6.20 Å². The Hall–Kier alpha value is -1.94. The van der Waals surface area contributed by atoms with Crippen molar-refractivity contribution in [3.63, 3.8) is 0 Å². The topological polar surface area (TPSA) is 49.8 Å². The van der Waals surface area contributed by atoms with E-state index >= 15 is 0 Å². The fourth-order valence-electron chi connectivity index (χ4n) is 1.92. The molecule has 0 atom stereocenters. The van der Waals surface area contributed by atoms with E-state index in [0.29, 0.717) is 0 Å². The highest BCUT2D eigenvalue weighted by Gasteiger charge is 2.02. The van der Waals surface area contributed by atoms with Crippen LogP contribution in [0, 0.1) is 13.8 Å². The Morgan fingerprint density at radius 3 is 2.74 bits per heavy atom. The average Bonchev–Trinajstić information content (AvgIpc) is 2.40. The molecule has 2 N–H and O–H groups in total. The molecular formula is C15H20N4. The number of hydrogen-bond donors (Lipinski definition) is 2. The molecule has 1 aromatic heterocycles. The summed E-state index contributed by atoms with van der Waals surface area (Å²) in [6.45, 7) is 5.07. The van der Waals surface area contributed by atoms with Gasteiger partial charge in [0.15, 0.2) is 0 Å². The molecule has 4 nitrogen and oxygen atoms in total. The van der Waals surface area contributed by atoms with Gasteiger partial charge in [0.1, 0.15) is 11.6 Å². The highest BCUT2D eigenvalue weighted by molar-refractivity contribution is 5.60. The maximum absolute atomic E-state index is 4.51. The fraction of sp³-hybridized carbons (Fsp3) is 0.333. The van der Waals surface area contributed by atoms with Crippen molar-refractivity contribution in [2.24, 2.45) is 0 Å². The highest BCUT2D eigenvalue weighted by Crippen LogP contribution is 2.19. The van der Waals surface area contributed by atoms with E-state index < -0.39 is 0 Å². The Labute approximate surface area is 114 Å². The Balaban J connectivity index is 2.14. The van der Waals surface area contributed by atoms with Gasteiger partial charge in [-0.05, 0) is 38.6 Å². The minimum Gasteiger partial charge on any atom is -0.340 e. The smallest absolute Gasteiger partial charge is 0.134 e. The molecule has 0 spiro atoms. The number of hydrogen-bond acceptors (Lipinski definition) is 4. The lowest BCUT2D eigenvalue weighted by Crippen LogP contribution is -2.12. The maximum atomic E-state index is 4.51. The molecule has 0 saturated heterocycles. The molecule has 2 rings (SSSR count). The van der Waals surface area contributed by atoms with Crippen molar-refractivity contribution < 1.29 is 0 Å². The molecule has 0 aliphatic carbocycles. The van der Waals surface area contributed by atoms with Crippen molar-refractivity contribution in [3.05, 3.63) is 47.4 Å². The summed E-state index contributed by atoms with van der Waals surface area (Å²) >= 11 is 0. The van der Waals surface area contributed by atoms with Crippen molar-refractivity contribution in [1.82, 2.24) is 15.3 Å². The summed E-state index contributed by atoms with van der Waals surface area (Å²) in [6, 6.07) is 8.23. The van der Waals surface area contributed by atoms with Gasteiger partial charge in [0.05, 0.1) is 0 Å². The van der Waals surface area contributed by atoms with Gasteiger partial charge in [0.2, 0.25) is 0 Å². The van der Waals surface area contributed by atoms with Crippen molar-refractivity contribution in [2.45, 2.75) is 20.3 Å². The van der Waals surface area contributed by atoms with E-state index in [2.05, 4.69) is 52.6 Å². The molecule has 2 aromatic rings. The molecule has 0 bridgehead atoms. The van der Waals surface area contributed by atoms with Gasteiger partial charge in [-0.1, -0.05) is 17.7 Å². The van der Waals surface area contributed by atoms with Crippen molar-refractivity contribution in [2.75, 3.05) is 18.9 Å². The summed E-state index contributed by atoms with van der Waals surface area (Å²) in [6.07, 6.45) is 2.63. The van der Waals surface area contributed by atoms with Gasteiger partial charge in [-0.3, -0.25) is 0 Å². The lowest BCUT2D eigenvalue weighted by atomic mass is 10.1. The van der Waals surface area contributed by atoms with Crippen LogP contribution < -0.4 is 10.6 Å². The molecule has 19 heavy (non-hydrogen) atoms. The monoisotopic (exact) mass is 256 g/mol. The molecule has 0 fully saturated rings. The van der Waals surface area contributed by atoms with Crippen LogP contribution in [0.2, 0.25) is 0 Å². The summed E-state index contributed by atoms with van der Waals surface area (Å²) in [7, 11) is 1.93. The van der Waals surface area contributed by atoms with Gasteiger partial charge in [-0.2, -0.15) is 0 Å². The second-order valence-electron chi connectivity index (χ2n) is 4.66. The van der Waals surface area contributed by atoms with Gasteiger partial charge in [0, 0.05) is 24.8 Å². The average molecular weight is 256 g/mol. The van der Waals surface area contributed by atoms with E-state index in [4.69, 9.17) is 0 Å². The number of nitrogens with zero attached hydrogens (tertiary/aromatic N) is 2. The molecule has 0 amide bonds. The van der Waals surface area contributed by atoms with Crippen LogP contribution in [0.5, 0.6) is 0 Å². The first-order valence-electron chi connectivity index (χ1n) is 6.50. The van der Waals surface area contributed by atoms with Gasteiger partial charge in [-0.25, -0.2) is 9.97 Å². The number of nitrogens with one attached hydrogen (secondary N) is 2. The second-order valence-corrected chi connectivity index (χ2v) is 4.66. The number of anilines is 2. The molecule has 100 valence electrons. The molecule has 1 heterocycles. The Morgan fingerprint density at radius 1 is 1.16 bits per heavy atom. The first-order valence-corrected chi connectivity index (χ1v) is 6.50. The van der Waals surface area contributed by atoms with E-state index in [9.17, 15) is 0 Å². The largest absolute Gasteiger partial charge is 0.340 e. The lowest BCUT2D eigenvalue weighted by Gasteiger charge is -2.10. The molecule has 0 radical (unpaired) electrons. The van der Waals surface area contributed by atoms with Crippen LogP contribution in [-0.2, 0) is 6.42 Å². The van der Waals surface area contributed by atoms with Gasteiger partial charge >= 0.3 is 0 Å². The Bertz CT molecular complexity index is 552. The molecular weight excluding hydrogens is 236 g/mol. The molecule has 4 heteroatoms. The summed E-state index contributed by atoms with van der Waals surface area (Å²) in [4.78, 5) is 8.77. The van der Waals surface area contributed by atoms with Crippen LogP contribution in [0.3, 0.4) is 0 Å². The number of benzene rings is 1. The van der Waals surface area contributed by atoms with Crippen molar-refractivity contribution >= 4 is 11.5 Å².